The van der Waals surface area contributed by atoms with E-state index in [1.165, 1.54) is 32.7 Å². The second-order valence-corrected chi connectivity index (χ2v) is 8.16. The van der Waals surface area contributed by atoms with Crippen LogP contribution in [0.3, 0.4) is 0 Å². The van der Waals surface area contributed by atoms with Crippen molar-refractivity contribution in [2.24, 2.45) is 11.3 Å². The van der Waals surface area contributed by atoms with Crippen molar-refractivity contribution >= 4 is 6.09 Å². The molecule has 3 fully saturated rings. The summed E-state index contributed by atoms with van der Waals surface area (Å²) < 4.78 is 5.46. The zero-order valence-electron chi connectivity index (χ0n) is 13.7. The summed E-state index contributed by atoms with van der Waals surface area (Å²) in [6.07, 6.45) is 2.12. The van der Waals surface area contributed by atoms with E-state index in [1.807, 2.05) is 25.7 Å². The summed E-state index contributed by atoms with van der Waals surface area (Å²) in [5, 5.41) is 3.34. The van der Waals surface area contributed by atoms with Gasteiger partial charge in [0.2, 0.25) is 0 Å². The molecule has 120 valence electrons. The van der Waals surface area contributed by atoms with Gasteiger partial charge in [0, 0.05) is 45.8 Å². The van der Waals surface area contributed by atoms with Gasteiger partial charge in [0.05, 0.1) is 0 Å². The minimum absolute atomic E-state index is 0.144. The highest BCUT2D eigenvalue weighted by Crippen LogP contribution is 2.41. The third-order valence-corrected chi connectivity index (χ3v) is 4.98. The topological polar surface area (TPSA) is 44.8 Å². The Labute approximate surface area is 128 Å². The molecule has 5 heteroatoms. The Balaban J connectivity index is 1.40. The van der Waals surface area contributed by atoms with E-state index in [0.29, 0.717) is 5.41 Å². The fourth-order valence-corrected chi connectivity index (χ4v) is 3.68. The van der Waals surface area contributed by atoms with Crippen LogP contribution in [-0.2, 0) is 4.74 Å². The minimum atomic E-state index is -0.393. The van der Waals surface area contributed by atoms with Crippen molar-refractivity contribution in [3.63, 3.8) is 0 Å². The lowest BCUT2D eigenvalue weighted by Crippen LogP contribution is -2.63. The summed E-state index contributed by atoms with van der Waals surface area (Å²) >= 11 is 0. The average Bonchev–Trinajstić information content (AvgIpc) is 2.29. The molecular formula is C16H29N3O2. The van der Waals surface area contributed by atoms with E-state index in [2.05, 4.69) is 10.2 Å². The Morgan fingerprint density at radius 1 is 1.24 bits per heavy atom. The normalized spacial score (nSPS) is 26.3. The molecule has 0 aromatic heterocycles. The second kappa shape index (κ2) is 5.43. The second-order valence-electron chi connectivity index (χ2n) is 8.16. The molecule has 3 saturated heterocycles. The average molecular weight is 295 g/mol. The SMILES string of the molecule is CC(C)(C)OC(=O)N1CCC2(CC1)CN(CC1CNC1)C2. The summed E-state index contributed by atoms with van der Waals surface area (Å²) in [4.78, 5) is 16.5. The first-order chi connectivity index (χ1) is 9.85. The number of amides is 1. The summed E-state index contributed by atoms with van der Waals surface area (Å²) in [6.45, 7) is 13.6. The van der Waals surface area contributed by atoms with E-state index >= 15 is 0 Å². The molecule has 3 aliphatic heterocycles. The van der Waals surface area contributed by atoms with E-state index in [-0.39, 0.29) is 6.09 Å². The van der Waals surface area contributed by atoms with Gasteiger partial charge in [0.15, 0.2) is 0 Å². The zero-order valence-corrected chi connectivity index (χ0v) is 13.7. The van der Waals surface area contributed by atoms with Gasteiger partial charge in [-0.2, -0.15) is 0 Å². The Kier molecular flexibility index (Phi) is 3.91. The maximum atomic E-state index is 12.1. The standard InChI is InChI=1S/C16H29N3O2/c1-15(2,3)21-14(20)19-6-4-16(5-7-19)11-18(12-16)10-13-8-17-9-13/h13,17H,4-12H2,1-3H3. The van der Waals surface area contributed by atoms with Crippen molar-refractivity contribution in [3.05, 3.63) is 0 Å². The number of carbonyl (C=O) groups excluding carboxylic acids is 1. The summed E-state index contributed by atoms with van der Waals surface area (Å²) in [7, 11) is 0. The highest BCUT2D eigenvalue weighted by atomic mass is 16.6. The van der Waals surface area contributed by atoms with Crippen molar-refractivity contribution < 1.29 is 9.53 Å². The van der Waals surface area contributed by atoms with Gasteiger partial charge >= 0.3 is 6.09 Å². The van der Waals surface area contributed by atoms with Gasteiger partial charge in [0.25, 0.3) is 0 Å². The van der Waals surface area contributed by atoms with Gasteiger partial charge in [0.1, 0.15) is 5.60 Å². The van der Waals surface area contributed by atoms with Crippen molar-refractivity contribution in [1.29, 1.82) is 0 Å². The highest BCUT2D eigenvalue weighted by molar-refractivity contribution is 5.68. The molecule has 0 aliphatic carbocycles. The summed E-state index contributed by atoms with van der Waals surface area (Å²) in [5.74, 6) is 0.865. The lowest BCUT2D eigenvalue weighted by molar-refractivity contribution is -0.0593. The lowest BCUT2D eigenvalue weighted by Gasteiger charge is -2.55. The molecule has 0 aromatic carbocycles. The predicted octanol–water partition coefficient (Wildman–Crippen LogP) is 1.54. The van der Waals surface area contributed by atoms with Gasteiger partial charge < -0.3 is 19.9 Å². The number of carbonyl (C=O) groups is 1. The number of hydrogen-bond acceptors (Lipinski definition) is 4. The summed E-state index contributed by atoms with van der Waals surface area (Å²) in [5.41, 5.74) is 0.0893. The van der Waals surface area contributed by atoms with Crippen LogP contribution in [0.1, 0.15) is 33.6 Å². The van der Waals surface area contributed by atoms with Crippen LogP contribution < -0.4 is 5.32 Å². The van der Waals surface area contributed by atoms with Crippen molar-refractivity contribution in [2.75, 3.05) is 45.8 Å². The van der Waals surface area contributed by atoms with Crippen LogP contribution >= 0.6 is 0 Å². The van der Waals surface area contributed by atoms with E-state index < -0.39 is 5.60 Å². The van der Waals surface area contributed by atoms with E-state index in [0.717, 1.165) is 31.8 Å². The third kappa shape index (κ3) is 3.51. The number of ether oxygens (including phenoxy) is 1. The van der Waals surface area contributed by atoms with E-state index in [1.54, 1.807) is 0 Å². The third-order valence-electron chi connectivity index (χ3n) is 4.98. The van der Waals surface area contributed by atoms with Crippen LogP contribution in [0.2, 0.25) is 0 Å². The van der Waals surface area contributed by atoms with Crippen LogP contribution in [0.15, 0.2) is 0 Å². The van der Waals surface area contributed by atoms with Crippen LogP contribution in [-0.4, -0.2) is 67.3 Å². The molecule has 0 unspecified atom stereocenters. The highest BCUT2D eigenvalue weighted by Gasteiger charge is 2.46. The maximum Gasteiger partial charge on any atom is 0.410 e. The Bertz CT molecular complexity index is 385. The van der Waals surface area contributed by atoms with Gasteiger partial charge in [-0.15, -0.1) is 0 Å². The largest absolute Gasteiger partial charge is 0.444 e. The number of rotatable bonds is 2. The van der Waals surface area contributed by atoms with Gasteiger partial charge in [-0.1, -0.05) is 0 Å². The number of hydrogen-bond donors (Lipinski definition) is 1. The summed E-state index contributed by atoms with van der Waals surface area (Å²) in [6, 6.07) is 0. The Morgan fingerprint density at radius 3 is 2.33 bits per heavy atom. The van der Waals surface area contributed by atoms with E-state index in [9.17, 15) is 4.79 Å². The van der Waals surface area contributed by atoms with Gasteiger partial charge in [-0.3, -0.25) is 0 Å². The smallest absolute Gasteiger partial charge is 0.410 e. The monoisotopic (exact) mass is 295 g/mol. The molecule has 1 N–H and O–H groups in total. The van der Waals surface area contributed by atoms with Crippen LogP contribution in [0.25, 0.3) is 0 Å². The van der Waals surface area contributed by atoms with E-state index in [4.69, 9.17) is 4.74 Å². The van der Waals surface area contributed by atoms with Gasteiger partial charge in [-0.05, 0) is 44.9 Å². The Hall–Kier alpha value is -0.810. The molecule has 0 bridgehead atoms. The molecule has 0 saturated carbocycles. The predicted molar refractivity (Wildman–Crippen MR) is 82.3 cm³/mol. The fraction of sp³-hybridized carbons (Fsp3) is 0.938. The molecule has 0 atom stereocenters. The molecular weight excluding hydrogens is 266 g/mol. The van der Waals surface area contributed by atoms with Crippen LogP contribution in [0.5, 0.6) is 0 Å². The zero-order chi connectivity index (χ0) is 15.1. The number of piperidine rings is 1. The number of likely N-dealkylation sites (tertiary alicyclic amines) is 2. The maximum absolute atomic E-state index is 12.1. The van der Waals surface area contributed by atoms with Crippen LogP contribution in [0.4, 0.5) is 4.79 Å². The molecule has 0 aromatic rings. The first-order valence-electron chi connectivity index (χ1n) is 8.26. The number of nitrogens with one attached hydrogen (secondary N) is 1. The van der Waals surface area contributed by atoms with Gasteiger partial charge in [-0.25, -0.2) is 4.79 Å². The quantitative estimate of drug-likeness (QED) is 0.839. The molecule has 0 radical (unpaired) electrons. The minimum Gasteiger partial charge on any atom is -0.444 e. The lowest BCUT2D eigenvalue weighted by atomic mass is 9.71. The van der Waals surface area contributed by atoms with Crippen molar-refractivity contribution in [1.82, 2.24) is 15.1 Å². The molecule has 3 aliphatic rings. The fourth-order valence-electron chi connectivity index (χ4n) is 3.68. The Morgan fingerprint density at radius 2 is 1.86 bits per heavy atom. The molecule has 5 nitrogen and oxygen atoms in total. The molecule has 1 spiro atoms. The van der Waals surface area contributed by atoms with Crippen molar-refractivity contribution in [3.8, 4) is 0 Å². The molecule has 3 heterocycles. The molecule has 1 amide bonds. The first-order valence-corrected chi connectivity index (χ1v) is 8.26. The van der Waals surface area contributed by atoms with Crippen molar-refractivity contribution in [2.45, 2.75) is 39.2 Å². The molecule has 3 rings (SSSR count). The molecule has 21 heavy (non-hydrogen) atoms. The van der Waals surface area contributed by atoms with Crippen LogP contribution in [0, 0.1) is 11.3 Å². The number of nitrogens with zero attached hydrogens (tertiary/aromatic N) is 2. The first kappa shape index (κ1) is 15.1.